The van der Waals surface area contributed by atoms with Crippen LogP contribution in [0.4, 0.5) is 0 Å². The van der Waals surface area contributed by atoms with Gasteiger partial charge in [-0.1, -0.05) is 6.42 Å². The average Bonchev–Trinajstić information content (AvgIpc) is 3.24. The molecule has 5 heteroatoms. The first-order valence-corrected chi connectivity index (χ1v) is 8.53. The quantitative estimate of drug-likeness (QED) is 0.816. The fraction of sp³-hybridized carbons (Fsp3) is 0.875. The Balaban J connectivity index is 1.59. The number of carbonyl (C=O) groups is 2. The van der Waals surface area contributed by atoms with Crippen LogP contribution in [-0.2, 0) is 9.59 Å². The van der Waals surface area contributed by atoms with Crippen LogP contribution in [-0.4, -0.2) is 58.9 Å². The summed E-state index contributed by atoms with van der Waals surface area (Å²) < 4.78 is 0. The van der Waals surface area contributed by atoms with Crippen LogP contribution in [0.5, 0.6) is 0 Å². The smallest absolute Gasteiger partial charge is 0.246 e. The Morgan fingerprint density at radius 1 is 1.00 bits per heavy atom. The molecule has 0 spiro atoms. The number of hydrogen-bond acceptors (Lipinski definition) is 3. The van der Waals surface area contributed by atoms with Crippen LogP contribution >= 0.6 is 0 Å². The van der Waals surface area contributed by atoms with E-state index < -0.39 is 0 Å². The molecule has 0 aromatic rings. The van der Waals surface area contributed by atoms with Gasteiger partial charge in [-0.05, 0) is 51.5 Å². The Bertz CT molecular complexity index is 462. The zero-order valence-electron chi connectivity index (χ0n) is 12.8. The predicted octanol–water partition coefficient (Wildman–Crippen LogP) is 0.739. The minimum atomic E-state index is -0.306. The topological polar surface area (TPSA) is 52.7 Å². The summed E-state index contributed by atoms with van der Waals surface area (Å²) in [4.78, 5) is 29.7. The first-order chi connectivity index (χ1) is 10.2. The molecule has 4 fully saturated rings. The van der Waals surface area contributed by atoms with Crippen molar-refractivity contribution in [1.82, 2.24) is 15.1 Å². The highest BCUT2D eigenvalue weighted by Crippen LogP contribution is 2.38. The van der Waals surface area contributed by atoms with E-state index in [-0.39, 0.29) is 29.9 Å². The number of hydrogen-bond donors (Lipinski definition) is 1. The molecule has 0 aromatic heterocycles. The second-order valence-electron chi connectivity index (χ2n) is 7.20. The van der Waals surface area contributed by atoms with Crippen molar-refractivity contribution in [2.45, 2.75) is 69.6 Å². The summed E-state index contributed by atoms with van der Waals surface area (Å²) in [5, 5.41) is 2.96. The molecule has 21 heavy (non-hydrogen) atoms. The molecule has 3 saturated heterocycles. The summed E-state index contributed by atoms with van der Waals surface area (Å²) in [6.07, 6.45) is 6.91. The average molecular weight is 291 g/mol. The number of piperazine rings is 1. The molecule has 1 saturated carbocycles. The maximum atomic E-state index is 12.9. The molecular weight excluding hydrogens is 266 g/mol. The third kappa shape index (κ3) is 2.17. The third-order valence-electron chi connectivity index (χ3n) is 5.89. The molecule has 4 atom stereocenters. The fourth-order valence-electron chi connectivity index (χ4n) is 4.56. The van der Waals surface area contributed by atoms with Gasteiger partial charge in [0.15, 0.2) is 0 Å². The molecule has 0 radical (unpaired) electrons. The predicted molar refractivity (Wildman–Crippen MR) is 78.6 cm³/mol. The van der Waals surface area contributed by atoms with Crippen molar-refractivity contribution in [2.24, 2.45) is 5.92 Å². The highest BCUT2D eigenvalue weighted by atomic mass is 16.2. The summed E-state index contributed by atoms with van der Waals surface area (Å²) in [6, 6.07) is 0.182. The van der Waals surface area contributed by atoms with Crippen LogP contribution in [0.1, 0.15) is 45.4 Å². The standard InChI is InChI=1S/C16H25N3O2/c1-10-15(20)17-14(11-5-6-11)16(21)19(10)13-7-9-18-8-3-2-4-12(13)18/h10-14H,2-9H2,1H3,(H,17,20). The Morgan fingerprint density at radius 2 is 1.81 bits per heavy atom. The molecule has 4 unspecified atom stereocenters. The van der Waals surface area contributed by atoms with E-state index in [1.54, 1.807) is 0 Å². The third-order valence-corrected chi connectivity index (χ3v) is 5.89. The lowest BCUT2D eigenvalue weighted by Crippen LogP contribution is -2.67. The second kappa shape index (κ2) is 4.97. The van der Waals surface area contributed by atoms with Crippen LogP contribution in [0.25, 0.3) is 0 Å². The molecule has 116 valence electrons. The number of amides is 2. The van der Waals surface area contributed by atoms with Crippen molar-refractivity contribution in [2.75, 3.05) is 13.1 Å². The number of nitrogens with zero attached hydrogens (tertiary/aromatic N) is 2. The summed E-state index contributed by atoms with van der Waals surface area (Å²) in [5.74, 6) is 0.614. The number of rotatable bonds is 2. The number of carbonyl (C=O) groups excluding carboxylic acids is 2. The highest BCUT2D eigenvalue weighted by Gasteiger charge is 2.50. The Hall–Kier alpha value is -1.10. The van der Waals surface area contributed by atoms with Gasteiger partial charge in [-0.3, -0.25) is 14.5 Å². The van der Waals surface area contributed by atoms with Gasteiger partial charge in [-0.15, -0.1) is 0 Å². The molecular formula is C16H25N3O2. The van der Waals surface area contributed by atoms with E-state index in [9.17, 15) is 9.59 Å². The maximum Gasteiger partial charge on any atom is 0.246 e. The lowest BCUT2D eigenvalue weighted by atomic mass is 9.94. The van der Waals surface area contributed by atoms with E-state index in [0.717, 1.165) is 32.4 Å². The Morgan fingerprint density at radius 3 is 2.57 bits per heavy atom. The molecule has 2 amide bonds. The monoisotopic (exact) mass is 291 g/mol. The van der Waals surface area contributed by atoms with Gasteiger partial charge in [0, 0.05) is 18.6 Å². The van der Waals surface area contributed by atoms with Gasteiger partial charge in [0.25, 0.3) is 0 Å². The van der Waals surface area contributed by atoms with Crippen LogP contribution in [0.15, 0.2) is 0 Å². The molecule has 4 rings (SSSR count). The number of nitrogens with one attached hydrogen (secondary N) is 1. The first kappa shape index (κ1) is 13.6. The highest BCUT2D eigenvalue weighted by molar-refractivity contribution is 5.97. The van der Waals surface area contributed by atoms with Gasteiger partial charge in [-0.2, -0.15) is 0 Å². The van der Waals surface area contributed by atoms with E-state index in [0.29, 0.717) is 12.0 Å². The summed E-state index contributed by atoms with van der Waals surface area (Å²) in [5.41, 5.74) is 0. The zero-order chi connectivity index (χ0) is 14.6. The summed E-state index contributed by atoms with van der Waals surface area (Å²) in [7, 11) is 0. The molecule has 0 bridgehead atoms. The second-order valence-corrected chi connectivity index (χ2v) is 7.20. The van der Waals surface area contributed by atoms with Crippen LogP contribution < -0.4 is 5.32 Å². The van der Waals surface area contributed by atoms with Crippen LogP contribution in [0.3, 0.4) is 0 Å². The molecule has 0 aromatic carbocycles. The Kier molecular flexibility index (Phi) is 3.21. The summed E-state index contributed by atoms with van der Waals surface area (Å²) in [6.45, 7) is 4.14. The lowest BCUT2D eigenvalue weighted by Gasteiger charge is -2.44. The lowest BCUT2D eigenvalue weighted by molar-refractivity contribution is -0.152. The van der Waals surface area contributed by atoms with Gasteiger partial charge in [0.2, 0.25) is 11.8 Å². The molecule has 1 N–H and O–H groups in total. The van der Waals surface area contributed by atoms with Gasteiger partial charge in [0.1, 0.15) is 12.1 Å². The van der Waals surface area contributed by atoms with E-state index >= 15 is 0 Å². The van der Waals surface area contributed by atoms with Gasteiger partial charge < -0.3 is 10.2 Å². The van der Waals surface area contributed by atoms with Crippen LogP contribution in [0.2, 0.25) is 0 Å². The van der Waals surface area contributed by atoms with Gasteiger partial charge >= 0.3 is 0 Å². The van der Waals surface area contributed by atoms with Crippen molar-refractivity contribution >= 4 is 11.8 Å². The van der Waals surface area contributed by atoms with Crippen molar-refractivity contribution in [3.05, 3.63) is 0 Å². The normalized spacial score (nSPS) is 41.1. The fourth-order valence-corrected chi connectivity index (χ4v) is 4.56. The van der Waals surface area contributed by atoms with E-state index in [2.05, 4.69) is 10.2 Å². The molecule has 3 heterocycles. The summed E-state index contributed by atoms with van der Waals surface area (Å²) >= 11 is 0. The van der Waals surface area contributed by atoms with E-state index in [4.69, 9.17) is 0 Å². The maximum absolute atomic E-state index is 12.9. The number of piperidine rings is 1. The molecule has 1 aliphatic carbocycles. The van der Waals surface area contributed by atoms with Crippen molar-refractivity contribution in [3.8, 4) is 0 Å². The molecule has 5 nitrogen and oxygen atoms in total. The van der Waals surface area contributed by atoms with Gasteiger partial charge in [-0.25, -0.2) is 0 Å². The number of fused-ring (bicyclic) bond motifs is 1. The molecule has 3 aliphatic heterocycles. The zero-order valence-corrected chi connectivity index (χ0v) is 12.8. The largest absolute Gasteiger partial charge is 0.342 e. The van der Waals surface area contributed by atoms with E-state index in [1.165, 1.54) is 19.3 Å². The molecule has 4 aliphatic rings. The van der Waals surface area contributed by atoms with E-state index in [1.807, 2.05) is 11.8 Å². The minimum Gasteiger partial charge on any atom is -0.342 e. The van der Waals surface area contributed by atoms with Gasteiger partial charge in [0.05, 0.1) is 0 Å². The van der Waals surface area contributed by atoms with Crippen LogP contribution in [0, 0.1) is 5.92 Å². The minimum absolute atomic E-state index is 0.0424. The Labute approximate surface area is 126 Å². The first-order valence-electron chi connectivity index (χ1n) is 8.53. The van der Waals surface area contributed by atoms with Crippen molar-refractivity contribution < 1.29 is 9.59 Å². The van der Waals surface area contributed by atoms with Crippen molar-refractivity contribution in [1.29, 1.82) is 0 Å². The SMILES string of the molecule is CC1C(=O)NC(C2CC2)C(=O)N1C1CCN2CCCCC12. The van der Waals surface area contributed by atoms with Crippen molar-refractivity contribution in [3.63, 3.8) is 0 Å².